The van der Waals surface area contributed by atoms with E-state index in [0.717, 1.165) is 51.4 Å². The number of carbonyl (C=O) groups excluding carboxylic acids is 1. The largest absolute Gasteiger partial charge is 0.394 e. The highest BCUT2D eigenvalue weighted by atomic mass is 16.7. The average molecular weight is 520 g/mol. The van der Waals surface area contributed by atoms with E-state index in [4.69, 9.17) is 9.47 Å². The van der Waals surface area contributed by atoms with E-state index in [1.54, 1.807) is 0 Å². The maximum Gasteiger partial charge on any atom is 0.220 e. The van der Waals surface area contributed by atoms with Crippen LogP contribution < -0.4 is 5.32 Å². The maximum absolute atomic E-state index is 12.6. The van der Waals surface area contributed by atoms with Crippen LogP contribution in [-0.4, -0.2) is 87.5 Å². The minimum absolute atomic E-state index is 0.137. The molecular formula is C27H53NO8. The normalized spacial score (nSPS) is 26.0. The van der Waals surface area contributed by atoms with Gasteiger partial charge in [-0.1, -0.05) is 90.9 Å². The number of amides is 1. The molecule has 1 saturated heterocycles. The highest BCUT2D eigenvalue weighted by Crippen LogP contribution is 2.22. The van der Waals surface area contributed by atoms with E-state index in [1.807, 2.05) is 0 Å². The molecule has 0 saturated carbocycles. The summed E-state index contributed by atoms with van der Waals surface area (Å²) in [6.45, 7) is 3.65. The first kappa shape index (κ1) is 33.2. The number of rotatable bonds is 21. The van der Waals surface area contributed by atoms with Crippen molar-refractivity contribution in [2.45, 2.75) is 153 Å². The van der Waals surface area contributed by atoms with Crippen LogP contribution in [0.4, 0.5) is 0 Å². The fourth-order valence-electron chi connectivity index (χ4n) is 4.51. The summed E-state index contributed by atoms with van der Waals surface area (Å²) < 4.78 is 11.0. The van der Waals surface area contributed by atoms with Crippen molar-refractivity contribution in [1.29, 1.82) is 0 Å². The summed E-state index contributed by atoms with van der Waals surface area (Å²) in [7, 11) is 0. The van der Waals surface area contributed by atoms with E-state index >= 15 is 0 Å². The van der Waals surface area contributed by atoms with E-state index < -0.39 is 49.5 Å². The molecule has 214 valence electrons. The fourth-order valence-corrected chi connectivity index (χ4v) is 4.51. The van der Waals surface area contributed by atoms with Crippen molar-refractivity contribution in [1.82, 2.24) is 5.32 Å². The van der Waals surface area contributed by atoms with Crippen LogP contribution in [0.3, 0.4) is 0 Å². The molecule has 0 aromatic rings. The van der Waals surface area contributed by atoms with Gasteiger partial charge in [0.1, 0.15) is 24.4 Å². The van der Waals surface area contributed by atoms with Crippen molar-refractivity contribution in [2.75, 3.05) is 13.2 Å². The Morgan fingerprint density at radius 2 is 1.39 bits per heavy atom. The van der Waals surface area contributed by atoms with E-state index in [2.05, 4.69) is 19.2 Å². The van der Waals surface area contributed by atoms with Gasteiger partial charge in [0, 0.05) is 6.42 Å². The lowest BCUT2D eigenvalue weighted by Crippen LogP contribution is -2.60. The highest BCUT2D eigenvalue weighted by molar-refractivity contribution is 5.76. The summed E-state index contributed by atoms with van der Waals surface area (Å²) in [6, 6.07) is -0.704. The molecule has 1 fully saturated rings. The molecule has 0 spiro atoms. The van der Waals surface area contributed by atoms with Crippen LogP contribution in [0.15, 0.2) is 0 Å². The minimum atomic E-state index is -1.54. The first-order valence-corrected chi connectivity index (χ1v) is 14.2. The molecule has 1 aliphatic heterocycles. The third-order valence-corrected chi connectivity index (χ3v) is 6.96. The van der Waals surface area contributed by atoms with E-state index in [-0.39, 0.29) is 12.5 Å². The molecule has 7 atom stereocenters. The molecule has 1 heterocycles. The summed E-state index contributed by atoms with van der Waals surface area (Å²) in [4.78, 5) is 12.6. The lowest BCUT2D eigenvalue weighted by atomic mass is 9.99. The van der Waals surface area contributed by atoms with Gasteiger partial charge in [0.25, 0.3) is 0 Å². The Bertz CT molecular complexity index is 550. The summed E-state index contributed by atoms with van der Waals surface area (Å²) >= 11 is 0. The Labute approximate surface area is 217 Å². The van der Waals surface area contributed by atoms with E-state index in [1.165, 1.54) is 32.1 Å². The Kier molecular flexibility index (Phi) is 18.6. The van der Waals surface area contributed by atoms with Crippen molar-refractivity contribution >= 4 is 5.91 Å². The number of carbonyl (C=O) groups is 1. The molecule has 9 nitrogen and oxygen atoms in total. The van der Waals surface area contributed by atoms with Gasteiger partial charge in [-0.3, -0.25) is 4.79 Å². The van der Waals surface area contributed by atoms with Crippen LogP contribution >= 0.6 is 0 Å². The fraction of sp³-hybridized carbons (Fsp3) is 0.963. The van der Waals surface area contributed by atoms with Crippen LogP contribution in [0.5, 0.6) is 0 Å². The number of aliphatic hydroxyl groups is 5. The molecule has 0 bridgehead atoms. The van der Waals surface area contributed by atoms with Gasteiger partial charge in [-0.15, -0.1) is 0 Å². The highest BCUT2D eigenvalue weighted by Gasteiger charge is 2.44. The average Bonchev–Trinajstić information content (AvgIpc) is 2.87. The molecule has 0 aromatic carbocycles. The van der Waals surface area contributed by atoms with Crippen LogP contribution in [0.1, 0.15) is 110 Å². The van der Waals surface area contributed by atoms with Gasteiger partial charge in [0.05, 0.1) is 25.4 Å². The predicted molar refractivity (Wildman–Crippen MR) is 138 cm³/mol. The molecular weight excluding hydrogens is 466 g/mol. The quantitative estimate of drug-likeness (QED) is 0.127. The number of aliphatic hydroxyl groups excluding tert-OH is 5. The number of hydrogen-bond donors (Lipinski definition) is 6. The van der Waals surface area contributed by atoms with Crippen LogP contribution in [0.2, 0.25) is 0 Å². The maximum atomic E-state index is 12.6. The minimum Gasteiger partial charge on any atom is -0.394 e. The number of nitrogens with one attached hydrogen (secondary N) is 1. The van der Waals surface area contributed by atoms with Gasteiger partial charge in [-0.05, 0) is 12.8 Å². The molecule has 7 unspecified atom stereocenters. The zero-order chi connectivity index (χ0) is 26.8. The Hall–Kier alpha value is -0.810. The molecule has 0 radical (unpaired) electrons. The zero-order valence-corrected chi connectivity index (χ0v) is 22.5. The molecule has 36 heavy (non-hydrogen) atoms. The Morgan fingerprint density at radius 3 is 1.97 bits per heavy atom. The Morgan fingerprint density at radius 1 is 0.833 bits per heavy atom. The van der Waals surface area contributed by atoms with Crippen molar-refractivity contribution in [3.05, 3.63) is 0 Å². The first-order valence-electron chi connectivity index (χ1n) is 14.2. The molecule has 0 aliphatic carbocycles. The molecule has 1 rings (SSSR count). The van der Waals surface area contributed by atoms with Gasteiger partial charge >= 0.3 is 0 Å². The SMILES string of the molecule is CCCCCCCCCCC(=O)NC(COC1OC(CO)C(O)C(O)C1O)C(O)CCCCCCC. The van der Waals surface area contributed by atoms with Crippen molar-refractivity contribution in [3.8, 4) is 0 Å². The number of unbranched alkanes of at least 4 members (excludes halogenated alkanes) is 11. The van der Waals surface area contributed by atoms with E-state index in [0.29, 0.717) is 12.8 Å². The molecule has 1 amide bonds. The van der Waals surface area contributed by atoms with Gasteiger partial charge in [-0.25, -0.2) is 0 Å². The van der Waals surface area contributed by atoms with Crippen molar-refractivity contribution in [3.63, 3.8) is 0 Å². The first-order chi connectivity index (χ1) is 17.3. The zero-order valence-electron chi connectivity index (χ0n) is 22.5. The molecule has 0 aromatic heterocycles. The van der Waals surface area contributed by atoms with Gasteiger partial charge in [0.15, 0.2) is 6.29 Å². The molecule has 1 aliphatic rings. The second kappa shape index (κ2) is 20.2. The number of ether oxygens (including phenoxy) is 2. The van der Waals surface area contributed by atoms with Crippen molar-refractivity contribution in [2.24, 2.45) is 0 Å². The number of hydrogen-bond acceptors (Lipinski definition) is 8. The topological polar surface area (TPSA) is 149 Å². The molecule has 6 N–H and O–H groups in total. The monoisotopic (exact) mass is 519 g/mol. The predicted octanol–water partition coefficient (Wildman–Crippen LogP) is 2.54. The summed E-state index contributed by atoms with van der Waals surface area (Å²) in [5, 5.41) is 53.2. The van der Waals surface area contributed by atoms with Gasteiger partial charge < -0.3 is 40.3 Å². The third-order valence-electron chi connectivity index (χ3n) is 6.96. The smallest absolute Gasteiger partial charge is 0.220 e. The summed E-state index contributed by atoms with van der Waals surface area (Å²) in [5.41, 5.74) is 0. The van der Waals surface area contributed by atoms with Crippen LogP contribution in [0.25, 0.3) is 0 Å². The van der Waals surface area contributed by atoms with Crippen molar-refractivity contribution < 1.29 is 39.8 Å². The van der Waals surface area contributed by atoms with Crippen LogP contribution in [0, 0.1) is 0 Å². The summed E-state index contributed by atoms with van der Waals surface area (Å²) in [5.74, 6) is -0.159. The lowest BCUT2D eigenvalue weighted by molar-refractivity contribution is -0.302. The lowest BCUT2D eigenvalue weighted by Gasteiger charge is -2.40. The molecule has 9 heteroatoms. The van der Waals surface area contributed by atoms with Crippen LogP contribution in [-0.2, 0) is 14.3 Å². The standard InChI is InChI=1S/C27H53NO8/c1-3-5-7-9-10-11-13-15-17-23(31)28-20(21(30)16-14-12-8-6-4-2)19-35-27-26(34)25(33)24(32)22(18-29)36-27/h20-22,24-27,29-30,32-34H,3-19H2,1-2H3,(H,28,31). The van der Waals surface area contributed by atoms with E-state index in [9.17, 15) is 30.3 Å². The third kappa shape index (κ3) is 13.1. The van der Waals surface area contributed by atoms with Gasteiger partial charge in [0.2, 0.25) is 5.91 Å². The second-order valence-corrected chi connectivity index (χ2v) is 10.2. The Balaban J connectivity index is 2.55. The van der Waals surface area contributed by atoms with Gasteiger partial charge in [-0.2, -0.15) is 0 Å². The second-order valence-electron chi connectivity index (χ2n) is 10.2. The summed E-state index contributed by atoms with van der Waals surface area (Å²) in [6.07, 6.45) is 7.41.